The van der Waals surface area contributed by atoms with Crippen LogP contribution in [0.2, 0.25) is 0 Å². The smallest absolute Gasteiger partial charge is 0.164 e. The van der Waals surface area contributed by atoms with Gasteiger partial charge in [-0.3, -0.25) is 0 Å². The fourth-order valence-electron chi connectivity index (χ4n) is 7.85. The number of hydrogen-bond donors (Lipinski definition) is 0. The van der Waals surface area contributed by atoms with Crippen LogP contribution in [0.3, 0.4) is 0 Å². The number of aromatic nitrogens is 4. The Balaban J connectivity index is 1.08. The second-order valence-corrected chi connectivity index (χ2v) is 14.9. The van der Waals surface area contributed by atoms with Crippen LogP contribution in [-0.2, 0) is 0 Å². The fraction of sp³-hybridized carbons (Fsp3) is 0. The Hall–Kier alpha value is -7.08. The van der Waals surface area contributed by atoms with Gasteiger partial charge >= 0.3 is 0 Å². The Morgan fingerprint density at radius 3 is 1.56 bits per heavy atom. The highest BCUT2D eigenvalue weighted by molar-refractivity contribution is 7.26. The van der Waals surface area contributed by atoms with E-state index in [9.17, 15) is 0 Å². The van der Waals surface area contributed by atoms with Gasteiger partial charge in [0, 0.05) is 47.8 Å². The van der Waals surface area contributed by atoms with Crippen LogP contribution in [0, 0.1) is 0 Å². The van der Waals surface area contributed by atoms with E-state index in [1.54, 1.807) is 0 Å². The molecule has 0 aliphatic heterocycles. The van der Waals surface area contributed by atoms with E-state index >= 15 is 0 Å². The topological polar surface area (TPSA) is 51.6 Å². The van der Waals surface area contributed by atoms with Gasteiger partial charge in [-0.05, 0) is 50.9 Å². The van der Waals surface area contributed by atoms with Gasteiger partial charge in [0.05, 0.1) is 11.2 Å². The van der Waals surface area contributed by atoms with Gasteiger partial charge in [0.15, 0.2) is 17.5 Å². The maximum absolute atomic E-state index is 5.50. The van der Waals surface area contributed by atoms with Crippen molar-refractivity contribution in [2.75, 3.05) is 0 Å². The van der Waals surface area contributed by atoms with Crippen molar-refractivity contribution in [3.63, 3.8) is 0 Å². The largest absolute Gasteiger partial charge is 0.247 e. The molecule has 0 radical (unpaired) electrons. The SMILES string of the molecule is c1ccc(-c2nc(-c3ccccc3)nc(-c3ccc(-c4nc5cc(-c6cc7ccccc7c7ccccc67)ccc5c5sc6ccccc6c45)cc3)n2)cc1. The molecule has 11 rings (SSSR count). The van der Waals surface area contributed by atoms with Crippen LogP contribution in [0.15, 0.2) is 182 Å². The van der Waals surface area contributed by atoms with Gasteiger partial charge in [0.25, 0.3) is 0 Å². The molecular weight excluding hydrogens is 689 g/mol. The Kier molecular flexibility index (Phi) is 7.32. The van der Waals surface area contributed by atoms with Crippen molar-refractivity contribution >= 4 is 64.0 Å². The average Bonchev–Trinajstić information content (AvgIpc) is 3.66. The molecule has 0 unspecified atom stereocenters. The first-order valence-corrected chi connectivity index (χ1v) is 19.2. The summed E-state index contributed by atoms with van der Waals surface area (Å²) < 4.78 is 2.50. The highest BCUT2D eigenvalue weighted by atomic mass is 32.1. The van der Waals surface area contributed by atoms with E-state index < -0.39 is 0 Å². The summed E-state index contributed by atoms with van der Waals surface area (Å²) in [6.07, 6.45) is 0. The predicted octanol–water partition coefficient (Wildman–Crippen LogP) is 13.4. The third-order valence-electron chi connectivity index (χ3n) is 10.5. The molecule has 0 spiro atoms. The average molecular weight is 719 g/mol. The molecule has 0 aliphatic rings. The highest BCUT2D eigenvalue weighted by Gasteiger charge is 2.19. The van der Waals surface area contributed by atoms with Gasteiger partial charge in [-0.25, -0.2) is 19.9 Å². The molecule has 0 bridgehead atoms. The van der Waals surface area contributed by atoms with Crippen LogP contribution >= 0.6 is 11.3 Å². The molecule has 5 heteroatoms. The molecule has 0 aliphatic carbocycles. The Labute approximate surface area is 321 Å². The van der Waals surface area contributed by atoms with Gasteiger partial charge in [-0.15, -0.1) is 11.3 Å². The molecule has 256 valence electrons. The zero-order chi connectivity index (χ0) is 36.3. The minimum atomic E-state index is 0.629. The van der Waals surface area contributed by atoms with Gasteiger partial charge in [-0.1, -0.05) is 164 Å². The number of pyridine rings is 1. The molecule has 8 aromatic carbocycles. The molecule has 0 saturated carbocycles. The van der Waals surface area contributed by atoms with Crippen LogP contribution in [0.1, 0.15) is 0 Å². The number of benzene rings is 8. The Morgan fingerprint density at radius 1 is 0.345 bits per heavy atom. The van der Waals surface area contributed by atoms with E-state index in [0.29, 0.717) is 17.5 Å². The molecular formula is C50H30N4S. The molecule has 55 heavy (non-hydrogen) atoms. The maximum Gasteiger partial charge on any atom is 0.164 e. The minimum absolute atomic E-state index is 0.629. The zero-order valence-electron chi connectivity index (χ0n) is 29.5. The maximum atomic E-state index is 5.50. The zero-order valence-corrected chi connectivity index (χ0v) is 30.3. The summed E-state index contributed by atoms with van der Waals surface area (Å²) in [6, 6.07) is 63.9. The normalized spacial score (nSPS) is 11.6. The number of rotatable bonds is 5. The molecule has 11 aromatic rings. The van der Waals surface area contributed by atoms with Crippen molar-refractivity contribution < 1.29 is 0 Å². The number of thiophene rings is 1. The lowest BCUT2D eigenvalue weighted by Gasteiger charge is -2.13. The van der Waals surface area contributed by atoms with Crippen molar-refractivity contribution in [1.82, 2.24) is 19.9 Å². The van der Waals surface area contributed by atoms with Gasteiger partial charge < -0.3 is 0 Å². The van der Waals surface area contributed by atoms with Crippen LogP contribution in [0.5, 0.6) is 0 Å². The lowest BCUT2D eigenvalue weighted by Crippen LogP contribution is -2.00. The van der Waals surface area contributed by atoms with E-state index in [2.05, 4.69) is 121 Å². The molecule has 3 aromatic heterocycles. The summed E-state index contributed by atoms with van der Waals surface area (Å²) in [7, 11) is 0. The molecule has 0 saturated heterocycles. The summed E-state index contributed by atoms with van der Waals surface area (Å²) in [4.78, 5) is 20.3. The molecule has 0 atom stereocenters. The standard InChI is InChI=1S/C50H30N4S/c1-3-13-32(14-4-1)48-52-49(33-15-5-2-6-16-33)54-50(53-48)34-25-23-31(24-26-34)46-45-41-21-11-12-22-44(41)55-47(45)40-28-27-36(30-43(40)51-46)42-29-35-17-7-8-18-37(35)38-19-9-10-20-39(38)42/h1-30H. The molecule has 0 N–H and O–H groups in total. The van der Waals surface area contributed by atoms with E-state index in [4.69, 9.17) is 19.9 Å². The van der Waals surface area contributed by atoms with Crippen LogP contribution < -0.4 is 0 Å². The second kappa shape index (κ2) is 12.8. The van der Waals surface area contributed by atoms with E-state index in [0.717, 1.165) is 44.4 Å². The van der Waals surface area contributed by atoms with Gasteiger partial charge in [0.2, 0.25) is 0 Å². The van der Waals surface area contributed by atoms with E-state index in [-0.39, 0.29) is 0 Å². The molecule has 0 fully saturated rings. The van der Waals surface area contributed by atoms with Gasteiger partial charge in [0.1, 0.15) is 0 Å². The minimum Gasteiger partial charge on any atom is -0.247 e. The lowest BCUT2D eigenvalue weighted by molar-refractivity contribution is 1.07. The quantitative estimate of drug-likeness (QED) is 0.166. The van der Waals surface area contributed by atoms with Crippen molar-refractivity contribution in [2.24, 2.45) is 0 Å². The first-order valence-electron chi connectivity index (χ1n) is 18.4. The summed E-state index contributed by atoms with van der Waals surface area (Å²) in [5, 5.41) is 8.56. The number of fused-ring (bicyclic) bond motifs is 8. The van der Waals surface area contributed by atoms with Crippen LogP contribution in [-0.4, -0.2) is 19.9 Å². The Morgan fingerprint density at radius 2 is 0.873 bits per heavy atom. The van der Waals surface area contributed by atoms with Crippen LogP contribution in [0.25, 0.3) is 109 Å². The highest BCUT2D eigenvalue weighted by Crippen LogP contribution is 2.44. The van der Waals surface area contributed by atoms with Gasteiger partial charge in [-0.2, -0.15) is 0 Å². The second-order valence-electron chi connectivity index (χ2n) is 13.8. The molecule has 4 nitrogen and oxygen atoms in total. The predicted molar refractivity (Wildman–Crippen MR) is 230 cm³/mol. The fourth-order valence-corrected chi connectivity index (χ4v) is 9.08. The van der Waals surface area contributed by atoms with Crippen molar-refractivity contribution in [3.8, 4) is 56.5 Å². The lowest BCUT2D eigenvalue weighted by atomic mass is 9.92. The summed E-state index contributed by atoms with van der Waals surface area (Å²) in [6.45, 7) is 0. The number of nitrogens with zero attached hydrogens (tertiary/aromatic N) is 4. The number of hydrogen-bond acceptors (Lipinski definition) is 5. The van der Waals surface area contributed by atoms with E-state index in [1.807, 2.05) is 72.0 Å². The molecule has 0 amide bonds. The monoisotopic (exact) mass is 718 g/mol. The first-order chi connectivity index (χ1) is 27.2. The first kappa shape index (κ1) is 31.4. The van der Waals surface area contributed by atoms with Crippen molar-refractivity contribution in [1.29, 1.82) is 0 Å². The third kappa shape index (κ3) is 5.36. The molecule has 3 heterocycles. The van der Waals surface area contributed by atoms with E-state index in [1.165, 1.54) is 47.3 Å². The Bertz CT molecular complexity index is 3190. The summed E-state index contributed by atoms with van der Waals surface area (Å²) >= 11 is 1.84. The van der Waals surface area contributed by atoms with Crippen molar-refractivity contribution in [2.45, 2.75) is 0 Å². The van der Waals surface area contributed by atoms with Crippen molar-refractivity contribution in [3.05, 3.63) is 182 Å². The summed E-state index contributed by atoms with van der Waals surface area (Å²) in [5.41, 5.74) is 8.16. The third-order valence-corrected chi connectivity index (χ3v) is 11.7. The van der Waals surface area contributed by atoms with Crippen LogP contribution in [0.4, 0.5) is 0 Å². The summed E-state index contributed by atoms with van der Waals surface area (Å²) in [5.74, 6) is 1.92.